The minimum absolute atomic E-state index is 0.0283. The Morgan fingerprint density at radius 1 is 1.14 bits per heavy atom. The SMILES string of the molecule is COC1OC(C)(C)OC1[C@H](OCc1ccccc1)C1(C)CC1. The molecule has 122 valence electrons. The molecular formula is C18H26O4. The van der Waals surface area contributed by atoms with Gasteiger partial charge in [0.05, 0.1) is 12.7 Å². The van der Waals surface area contributed by atoms with Crippen LogP contribution in [-0.2, 0) is 25.6 Å². The van der Waals surface area contributed by atoms with Crippen molar-refractivity contribution < 1.29 is 18.9 Å². The minimum atomic E-state index is -0.634. The molecule has 22 heavy (non-hydrogen) atoms. The van der Waals surface area contributed by atoms with Crippen molar-refractivity contribution in [3.63, 3.8) is 0 Å². The van der Waals surface area contributed by atoms with E-state index in [1.807, 2.05) is 32.0 Å². The molecule has 1 saturated heterocycles. The summed E-state index contributed by atoms with van der Waals surface area (Å²) >= 11 is 0. The van der Waals surface area contributed by atoms with Crippen LogP contribution in [0.25, 0.3) is 0 Å². The average molecular weight is 306 g/mol. The summed E-state index contributed by atoms with van der Waals surface area (Å²) in [4.78, 5) is 0. The monoisotopic (exact) mass is 306 g/mol. The quantitative estimate of drug-likeness (QED) is 0.806. The summed E-state index contributed by atoms with van der Waals surface area (Å²) in [6.07, 6.45) is 1.70. The van der Waals surface area contributed by atoms with Gasteiger partial charge in [0.15, 0.2) is 12.1 Å². The van der Waals surface area contributed by atoms with Crippen molar-refractivity contribution in [2.24, 2.45) is 5.41 Å². The van der Waals surface area contributed by atoms with Gasteiger partial charge in [-0.15, -0.1) is 0 Å². The van der Waals surface area contributed by atoms with Crippen LogP contribution in [0.4, 0.5) is 0 Å². The van der Waals surface area contributed by atoms with E-state index in [-0.39, 0.29) is 23.9 Å². The van der Waals surface area contributed by atoms with Crippen molar-refractivity contribution in [1.29, 1.82) is 0 Å². The van der Waals surface area contributed by atoms with Crippen LogP contribution in [-0.4, -0.2) is 31.4 Å². The Bertz CT molecular complexity index is 495. The fourth-order valence-corrected chi connectivity index (χ4v) is 3.08. The van der Waals surface area contributed by atoms with Gasteiger partial charge < -0.3 is 18.9 Å². The lowest BCUT2D eigenvalue weighted by atomic mass is 9.96. The predicted molar refractivity (Wildman–Crippen MR) is 83.2 cm³/mol. The molecule has 2 aliphatic rings. The van der Waals surface area contributed by atoms with Gasteiger partial charge in [-0.3, -0.25) is 0 Å². The molecule has 0 amide bonds. The highest BCUT2D eigenvalue weighted by atomic mass is 16.8. The van der Waals surface area contributed by atoms with Gasteiger partial charge in [-0.25, -0.2) is 0 Å². The van der Waals surface area contributed by atoms with E-state index in [2.05, 4.69) is 19.1 Å². The van der Waals surface area contributed by atoms with Crippen molar-refractivity contribution in [3.8, 4) is 0 Å². The van der Waals surface area contributed by atoms with Gasteiger partial charge in [-0.2, -0.15) is 0 Å². The first-order chi connectivity index (χ1) is 10.4. The van der Waals surface area contributed by atoms with Crippen molar-refractivity contribution in [2.75, 3.05) is 7.11 Å². The molecule has 1 aliphatic heterocycles. The molecule has 4 nitrogen and oxygen atoms in total. The molecule has 3 rings (SSSR count). The number of rotatable bonds is 6. The van der Waals surface area contributed by atoms with Crippen LogP contribution in [0.5, 0.6) is 0 Å². The maximum atomic E-state index is 6.28. The molecule has 0 bridgehead atoms. The van der Waals surface area contributed by atoms with Crippen molar-refractivity contribution in [2.45, 2.75) is 64.5 Å². The fourth-order valence-electron chi connectivity index (χ4n) is 3.08. The van der Waals surface area contributed by atoms with Gasteiger partial charge >= 0.3 is 0 Å². The molecule has 1 aromatic rings. The molecule has 4 heteroatoms. The maximum absolute atomic E-state index is 6.28. The molecule has 1 aliphatic carbocycles. The number of hydrogen-bond donors (Lipinski definition) is 0. The van der Waals surface area contributed by atoms with Crippen LogP contribution < -0.4 is 0 Å². The summed E-state index contributed by atoms with van der Waals surface area (Å²) < 4.78 is 23.7. The third-order valence-electron chi connectivity index (χ3n) is 4.62. The second-order valence-corrected chi connectivity index (χ2v) is 7.08. The van der Waals surface area contributed by atoms with Gasteiger partial charge in [0.1, 0.15) is 6.10 Å². The highest BCUT2D eigenvalue weighted by Gasteiger charge is 2.56. The average Bonchev–Trinajstić information content (AvgIpc) is 3.15. The van der Waals surface area contributed by atoms with E-state index in [9.17, 15) is 0 Å². The van der Waals surface area contributed by atoms with E-state index < -0.39 is 5.79 Å². The zero-order valence-corrected chi connectivity index (χ0v) is 13.9. The Morgan fingerprint density at radius 3 is 2.41 bits per heavy atom. The number of hydrogen-bond acceptors (Lipinski definition) is 4. The Labute approximate surface area is 132 Å². The first-order valence-electron chi connectivity index (χ1n) is 7.97. The molecular weight excluding hydrogens is 280 g/mol. The smallest absolute Gasteiger partial charge is 0.189 e. The molecule has 1 heterocycles. The fraction of sp³-hybridized carbons (Fsp3) is 0.667. The molecule has 3 atom stereocenters. The number of ether oxygens (including phenoxy) is 4. The standard InChI is InChI=1S/C18H26O4/c1-17(2)21-14(16(19-4)22-17)15(18(3)10-11-18)20-12-13-8-6-5-7-9-13/h5-9,14-16H,10-12H2,1-4H3/t14?,15-,16?/m0/s1. The second kappa shape index (κ2) is 5.93. The Balaban J connectivity index is 1.73. The summed E-state index contributed by atoms with van der Waals surface area (Å²) in [6.45, 7) is 6.67. The zero-order chi connectivity index (χ0) is 15.8. The molecule has 2 fully saturated rings. The van der Waals surface area contributed by atoms with Crippen LogP contribution >= 0.6 is 0 Å². The van der Waals surface area contributed by atoms with Gasteiger partial charge in [0, 0.05) is 7.11 Å². The number of benzene rings is 1. The molecule has 2 unspecified atom stereocenters. The lowest BCUT2D eigenvalue weighted by molar-refractivity contribution is -0.183. The molecule has 0 aromatic heterocycles. The normalized spacial score (nSPS) is 30.2. The van der Waals surface area contributed by atoms with Gasteiger partial charge in [-0.05, 0) is 37.7 Å². The van der Waals surface area contributed by atoms with E-state index in [4.69, 9.17) is 18.9 Å². The van der Waals surface area contributed by atoms with Crippen molar-refractivity contribution in [3.05, 3.63) is 35.9 Å². The Hall–Kier alpha value is -0.940. The topological polar surface area (TPSA) is 36.9 Å². The largest absolute Gasteiger partial charge is 0.370 e. The van der Waals surface area contributed by atoms with Crippen LogP contribution in [0.3, 0.4) is 0 Å². The third kappa shape index (κ3) is 3.35. The van der Waals surface area contributed by atoms with E-state index in [1.165, 1.54) is 5.56 Å². The van der Waals surface area contributed by atoms with Crippen LogP contribution in [0.1, 0.15) is 39.2 Å². The highest BCUT2D eigenvalue weighted by molar-refractivity contribution is 5.14. The lowest BCUT2D eigenvalue weighted by Crippen LogP contribution is -2.43. The maximum Gasteiger partial charge on any atom is 0.189 e. The van der Waals surface area contributed by atoms with Gasteiger partial charge in [0.25, 0.3) is 0 Å². The Morgan fingerprint density at radius 2 is 1.82 bits per heavy atom. The molecule has 0 spiro atoms. The summed E-state index contributed by atoms with van der Waals surface area (Å²) in [5, 5.41) is 0. The zero-order valence-electron chi connectivity index (χ0n) is 13.9. The third-order valence-corrected chi connectivity index (χ3v) is 4.62. The molecule has 0 radical (unpaired) electrons. The molecule has 1 saturated carbocycles. The van der Waals surface area contributed by atoms with E-state index in [0.29, 0.717) is 6.61 Å². The molecule has 1 aromatic carbocycles. The second-order valence-electron chi connectivity index (χ2n) is 7.08. The first kappa shape index (κ1) is 15.9. The lowest BCUT2D eigenvalue weighted by Gasteiger charge is -2.31. The van der Waals surface area contributed by atoms with Gasteiger partial charge in [-0.1, -0.05) is 37.3 Å². The van der Waals surface area contributed by atoms with Gasteiger partial charge in [0.2, 0.25) is 0 Å². The molecule has 0 N–H and O–H groups in total. The van der Waals surface area contributed by atoms with Crippen LogP contribution in [0.15, 0.2) is 30.3 Å². The van der Waals surface area contributed by atoms with E-state index >= 15 is 0 Å². The highest BCUT2D eigenvalue weighted by Crippen LogP contribution is 2.53. The first-order valence-corrected chi connectivity index (χ1v) is 7.97. The minimum Gasteiger partial charge on any atom is -0.370 e. The van der Waals surface area contributed by atoms with Crippen molar-refractivity contribution >= 4 is 0 Å². The number of methoxy groups -OCH3 is 1. The summed E-state index contributed by atoms with van der Waals surface area (Å²) in [5.41, 5.74) is 1.32. The predicted octanol–water partition coefficient (Wildman–Crippen LogP) is 3.50. The summed E-state index contributed by atoms with van der Waals surface area (Å²) in [7, 11) is 1.66. The van der Waals surface area contributed by atoms with Crippen molar-refractivity contribution in [1.82, 2.24) is 0 Å². The summed E-state index contributed by atoms with van der Waals surface area (Å²) in [5.74, 6) is -0.634. The van der Waals surface area contributed by atoms with E-state index in [1.54, 1.807) is 7.11 Å². The summed E-state index contributed by atoms with van der Waals surface area (Å²) in [6, 6.07) is 10.2. The van der Waals surface area contributed by atoms with E-state index in [0.717, 1.165) is 12.8 Å². The Kier molecular flexibility index (Phi) is 4.29. The van der Waals surface area contributed by atoms with Crippen LogP contribution in [0.2, 0.25) is 0 Å². The van der Waals surface area contributed by atoms with Crippen LogP contribution in [0, 0.1) is 5.41 Å².